The molecule has 1 nitrogen and oxygen atoms in total. The first-order valence-electron chi connectivity index (χ1n) is 6.73. The fourth-order valence-electron chi connectivity index (χ4n) is 2.77. The van der Waals surface area contributed by atoms with E-state index < -0.39 is 0 Å². The average Bonchev–Trinajstić information content (AvgIpc) is 2.48. The van der Waals surface area contributed by atoms with Gasteiger partial charge in [0.05, 0.1) is 0 Å². The highest BCUT2D eigenvalue weighted by Crippen LogP contribution is 2.37. The van der Waals surface area contributed by atoms with Gasteiger partial charge in [-0.2, -0.15) is 0 Å². The second kappa shape index (κ2) is 5.22. The Kier molecular flexibility index (Phi) is 3.41. The third-order valence-corrected chi connectivity index (χ3v) is 4.20. The van der Waals surface area contributed by atoms with Crippen LogP contribution in [0.2, 0.25) is 0 Å². The van der Waals surface area contributed by atoms with Crippen molar-refractivity contribution in [3.8, 4) is 0 Å². The normalized spacial score (nSPS) is 12.5. The molecule has 3 rings (SSSR count). The Morgan fingerprint density at radius 3 is 2.20 bits per heavy atom. The van der Waals surface area contributed by atoms with Gasteiger partial charge in [0.1, 0.15) is 0 Å². The maximum atomic E-state index is 6.12. The lowest BCUT2D eigenvalue weighted by molar-refractivity contribution is 0.908. The molecule has 0 spiro atoms. The molecule has 0 amide bonds. The van der Waals surface area contributed by atoms with Crippen molar-refractivity contribution in [3.63, 3.8) is 0 Å². The minimum Gasteiger partial charge on any atom is -0.398 e. The van der Waals surface area contributed by atoms with Gasteiger partial charge in [0, 0.05) is 21.9 Å². The average molecular weight is 279 g/mol. The predicted molar refractivity (Wildman–Crippen MR) is 89.6 cm³/mol. The highest BCUT2D eigenvalue weighted by atomic mass is 32.1. The third kappa shape index (κ3) is 2.16. The van der Waals surface area contributed by atoms with E-state index in [-0.39, 0.29) is 5.92 Å². The summed E-state index contributed by atoms with van der Waals surface area (Å²) in [5.41, 5.74) is 9.43. The van der Waals surface area contributed by atoms with Crippen LogP contribution in [-0.4, -0.2) is 0 Å². The highest BCUT2D eigenvalue weighted by molar-refractivity contribution is 7.80. The fraction of sp³-hybridized carbons (Fsp3) is 0.111. The molecule has 0 fully saturated rings. The maximum Gasteiger partial charge on any atom is 0.0405 e. The minimum absolute atomic E-state index is 0.286. The number of fused-ring (bicyclic) bond motifs is 1. The Morgan fingerprint density at radius 2 is 1.50 bits per heavy atom. The molecule has 0 heterocycles. The first-order valence-corrected chi connectivity index (χ1v) is 7.18. The van der Waals surface area contributed by atoms with Crippen molar-refractivity contribution < 1.29 is 0 Å². The van der Waals surface area contributed by atoms with E-state index in [1.165, 1.54) is 16.5 Å². The first kappa shape index (κ1) is 13.1. The van der Waals surface area contributed by atoms with E-state index in [0.717, 1.165) is 16.0 Å². The molecule has 2 N–H and O–H groups in total. The van der Waals surface area contributed by atoms with E-state index >= 15 is 0 Å². The zero-order valence-corrected chi connectivity index (χ0v) is 12.3. The summed E-state index contributed by atoms with van der Waals surface area (Å²) in [5.74, 6) is 0.286. The number of thiol groups is 1. The summed E-state index contributed by atoms with van der Waals surface area (Å²) in [6.07, 6.45) is 0. The van der Waals surface area contributed by atoms with Gasteiger partial charge in [-0.1, -0.05) is 61.5 Å². The molecular formula is C18H17NS. The molecule has 0 aromatic heterocycles. The number of nitrogens with two attached hydrogens (primary N) is 1. The van der Waals surface area contributed by atoms with E-state index in [4.69, 9.17) is 5.73 Å². The molecule has 0 bridgehead atoms. The Bertz CT molecular complexity index is 750. The summed E-state index contributed by atoms with van der Waals surface area (Å²) in [7, 11) is 0. The molecule has 1 atom stereocenters. The van der Waals surface area contributed by atoms with Crippen LogP contribution < -0.4 is 5.73 Å². The maximum absolute atomic E-state index is 6.12. The monoisotopic (exact) mass is 279 g/mol. The molecule has 20 heavy (non-hydrogen) atoms. The van der Waals surface area contributed by atoms with Gasteiger partial charge in [-0.3, -0.25) is 0 Å². The molecule has 0 saturated carbocycles. The summed E-state index contributed by atoms with van der Waals surface area (Å²) < 4.78 is 0. The van der Waals surface area contributed by atoms with Crippen LogP contribution in [0.5, 0.6) is 0 Å². The van der Waals surface area contributed by atoms with Crippen molar-refractivity contribution >= 4 is 29.1 Å². The van der Waals surface area contributed by atoms with Crippen LogP contribution in [0.4, 0.5) is 5.69 Å². The molecule has 100 valence electrons. The topological polar surface area (TPSA) is 26.0 Å². The number of rotatable bonds is 2. The van der Waals surface area contributed by atoms with Crippen LogP contribution in [0.25, 0.3) is 10.8 Å². The molecule has 3 aromatic rings. The molecule has 3 aromatic carbocycles. The molecule has 0 radical (unpaired) electrons. The second-order valence-corrected chi connectivity index (χ2v) is 5.56. The van der Waals surface area contributed by atoms with Gasteiger partial charge >= 0.3 is 0 Å². The molecule has 2 heteroatoms. The van der Waals surface area contributed by atoms with Gasteiger partial charge in [-0.25, -0.2) is 0 Å². The summed E-state index contributed by atoms with van der Waals surface area (Å²) in [5, 5.41) is 2.29. The zero-order chi connectivity index (χ0) is 14.1. The van der Waals surface area contributed by atoms with E-state index in [0.29, 0.717) is 0 Å². The molecule has 1 unspecified atom stereocenters. The molecule has 0 aliphatic heterocycles. The van der Waals surface area contributed by atoms with Crippen molar-refractivity contribution in [3.05, 3.63) is 71.8 Å². The summed E-state index contributed by atoms with van der Waals surface area (Å²) in [4.78, 5) is 0.956. The van der Waals surface area contributed by atoms with Crippen LogP contribution in [0, 0.1) is 0 Å². The molecule has 0 saturated heterocycles. The van der Waals surface area contributed by atoms with E-state index in [1.54, 1.807) is 0 Å². The van der Waals surface area contributed by atoms with Crippen molar-refractivity contribution in [1.29, 1.82) is 0 Å². The SMILES string of the molecule is CC(c1ccccc1)c1c(S)cc(N)c2ccccc12. The van der Waals surface area contributed by atoms with Crippen molar-refractivity contribution in [2.45, 2.75) is 17.7 Å². The van der Waals surface area contributed by atoms with Gasteiger partial charge in [-0.05, 0) is 22.6 Å². The number of anilines is 1. The van der Waals surface area contributed by atoms with Crippen molar-refractivity contribution in [1.82, 2.24) is 0 Å². The summed E-state index contributed by atoms with van der Waals surface area (Å²) >= 11 is 4.65. The van der Waals surface area contributed by atoms with E-state index in [2.05, 4.69) is 62.0 Å². The number of nitrogen functional groups attached to an aromatic ring is 1. The van der Waals surface area contributed by atoms with Gasteiger partial charge in [0.2, 0.25) is 0 Å². The third-order valence-electron chi connectivity index (χ3n) is 3.83. The largest absolute Gasteiger partial charge is 0.398 e. The van der Waals surface area contributed by atoms with Crippen LogP contribution in [-0.2, 0) is 0 Å². The van der Waals surface area contributed by atoms with E-state index in [9.17, 15) is 0 Å². The van der Waals surface area contributed by atoms with Crippen LogP contribution in [0.1, 0.15) is 24.0 Å². The second-order valence-electron chi connectivity index (χ2n) is 5.08. The van der Waals surface area contributed by atoms with Gasteiger partial charge in [0.25, 0.3) is 0 Å². The predicted octanol–water partition coefficient (Wildman–Crippen LogP) is 4.86. The van der Waals surface area contributed by atoms with Gasteiger partial charge < -0.3 is 5.73 Å². The lowest BCUT2D eigenvalue weighted by Gasteiger charge is -2.18. The quantitative estimate of drug-likeness (QED) is 0.508. The summed E-state index contributed by atoms with van der Waals surface area (Å²) in [6, 6.07) is 20.7. The number of benzene rings is 3. The fourth-order valence-corrected chi connectivity index (χ4v) is 3.23. The summed E-state index contributed by atoms with van der Waals surface area (Å²) in [6.45, 7) is 2.22. The lowest BCUT2D eigenvalue weighted by Crippen LogP contribution is -2.00. The highest BCUT2D eigenvalue weighted by Gasteiger charge is 2.16. The van der Waals surface area contributed by atoms with Gasteiger partial charge in [-0.15, -0.1) is 12.6 Å². The number of hydrogen-bond donors (Lipinski definition) is 2. The van der Waals surface area contributed by atoms with Gasteiger partial charge in [0.15, 0.2) is 0 Å². The van der Waals surface area contributed by atoms with Crippen molar-refractivity contribution in [2.24, 2.45) is 0 Å². The lowest BCUT2D eigenvalue weighted by atomic mass is 9.89. The molecule has 0 aliphatic rings. The Balaban J connectivity index is 2.26. The Morgan fingerprint density at radius 1 is 0.900 bits per heavy atom. The minimum atomic E-state index is 0.286. The molecule has 0 aliphatic carbocycles. The van der Waals surface area contributed by atoms with Crippen LogP contribution in [0.15, 0.2) is 65.6 Å². The first-order chi connectivity index (χ1) is 9.68. The van der Waals surface area contributed by atoms with E-state index in [1.807, 2.05) is 18.2 Å². The molecular weight excluding hydrogens is 262 g/mol. The standard InChI is InChI=1S/C18H17NS/c1-12(13-7-3-2-4-8-13)18-15-10-6-5-9-14(15)16(19)11-17(18)20/h2-12,20H,19H2,1H3. The van der Waals surface area contributed by atoms with Crippen LogP contribution in [0.3, 0.4) is 0 Å². The van der Waals surface area contributed by atoms with Crippen LogP contribution >= 0.6 is 12.6 Å². The smallest absolute Gasteiger partial charge is 0.0405 e. The Hall–Kier alpha value is -1.93. The number of hydrogen-bond acceptors (Lipinski definition) is 2. The zero-order valence-electron chi connectivity index (χ0n) is 11.4. The Labute approximate surface area is 124 Å². The van der Waals surface area contributed by atoms with Crippen molar-refractivity contribution in [2.75, 3.05) is 5.73 Å².